The van der Waals surface area contributed by atoms with Gasteiger partial charge in [-0.25, -0.2) is 4.98 Å². The summed E-state index contributed by atoms with van der Waals surface area (Å²) in [7, 11) is 0. The first-order valence-electron chi connectivity index (χ1n) is 5.03. The third-order valence-corrected chi connectivity index (χ3v) is 2.62. The lowest BCUT2D eigenvalue weighted by atomic mass is 10.2. The summed E-state index contributed by atoms with van der Waals surface area (Å²) in [6.45, 7) is 1.66. The Morgan fingerprint density at radius 3 is 2.94 bits per heavy atom. The Hall–Kier alpha value is -2.32. The minimum absolute atomic E-state index is 0.119. The Balaban J connectivity index is 2.27. The van der Waals surface area contributed by atoms with E-state index in [1.807, 2.05) is 6.07 Å². The minimum atomic E-state index is -0.456. The first kappa shape index (κ1) is 12.1. The molecular weight excluding hydrogens is 254 g/mol. The highest BCUT2D eigenvalue weighted by atomic mass is 35.5. The molecule has 5 nitrogen and oxygen atoms in total. The lowest BCUT2D eigenvalue weighted by molar-refractivity contribution is 0.0996. The van der Waals surface area contributed by atoms with E-state index in [4.69, 9.17) is 21.3 Å². The van der Waals surface area contributed by atoms with Crippen LogP contribution in [0, 0.1) is 18.3 Å². The average Bonchev–Trinajstić information content (AvgIpc) is 2.78. The van der Waals surface area contributed by atoms with Gasteiger partial charge in [-0.1, -0.05) is 11.6 Å². The predicted molar refractivity (Wildman–Crippen MR) is 65.4 cm³/mol. The number of hydrogen-bond donors (Lipinski definition) is 1. The third kappa shape index (κ3) is 2.34. The van der Waals surface area contributed by atoms with Gasteiger partial charge >= 0.3 is 0 Å². The normalized spacial score (nSPS) is 9.83. The van der Waals surface area contributed by atoms with Gasteiger partial charge in [0, 0.05) is 0 Å². The highest BCUT2D eigenvalue weighted by Gasteiger charge is 2.15. The Morgan fingerprint density at radius 1 is 1.56 bits per heavy atom. The lowest BCUT2D eigenvalue weighted by Gasteiger charge is -2.06. The number of benzene rings is 1. The Kier molecular flexibility index (Phi) is 3.31. The van der Waals surface area contributed by atoms with Crippen LogP contribution in [-0.2, 0) is 0 Å². The summed E-state index contributed by atoms with van der Waals surface area (Å²) in [5.41, 5.74) is 1.25. The zero-order chi connectivity index (χ0) is 13.1. The summed E-state index contributed by atoms with van der Waals surface area (Å²) < 4.78 is 4.96. The molecule has 0 bridgehead atoms. The van der Waals surface area contributed by atoms with Crippen LogP contribution in [0.3, 0.4) is 0 Å². The Morgan fingerprint density at radius 2 is 2.33 bits per heavy atom. The standard InChI is InChI=1S/C12H8ClN3O2/c1-7-11(18-6-15-7)12(17)16-10-4-8(5-14)2-3-9(10)13/h2-4,6H,1H3,(H,16,17). The Bertz CT molecular complexity index is 643. The second kappa shape index (κ2) is 4.90. The maximum absolute atomic E-state index is 11.9. The molecule has 1 amide bonds. The largest absolute Gasteiger partial charge is 0.438 e. The first-order valence-corrected chi connectivity index (χ1v) is 5.40. The van der Waals surface area contributed by atoms with Crippen molar-refractivity contribution in [3.63, 3.8) is 0 Å². The SMILES string of the molecule is Cc1ncoc1C(=O)Nc1cc(C#N)ccc1Cl. The second-order valence-electron chi connectivity index (χ2n) is 3.53. The fourth-order valence-electron chi connectivity index (χ4n) is 1.39. The average molecular weight is 262 g/mol. The number of nitrogens with zero attached hydrogens (tertiary/aromatic N) is 2. The number of aromatic nitrogens is 1. The van der Waals surface area contributed by atoms with E-state index in [1.165, 1.54) is 12.5 Å². The van der Waals surface area contributed by atoms with E-state index in [9.17, 15) is 4.79 Å². The molecule has 1 N–H and O–H groups in total. The molecule has 2 aromatic rings. The molecule has 6 heteroatoms. The van der Waals surface area contributed by atoms with Crippen LogP contribution in [0.1, 0.15) is 21.8 Å². The molecule has 1 aromatic heterocycles. The van der Waals surface area contributed by atoms with Gasteiger partial charge in [-0.3, -0.25) is 4.79 Å². The van der Waals surface area contributed by atoms with Gasteiger partial charge in [0.2, 0.25) is 5.76 Å². The highest BCUT2D eigenvalue weighted by molar-refractivity contribution is 6.33. The highest BCUT2D eigenvalue weighted by Crippen LogP contribution is 2.23. The number of rotatable bonds is 2. The molecule has 0 aliphatic carbocycles. The predicted octanol–water partition coefficient (Wildman–Crippen LogP) is 2.76. The number of hydrogen-bond acceptors (Lipinski definition) is 4. The van der Waals surface area contributed by atoms with E-state index in [0.717, 1.165) is 0 Å². The van der Waals surface area contributed by atoms with Crippen LogP contribution in [0.25, 0.3) is 0 Å². The zero-order valence-electron chi connectivity index (χ0n) is 9.40. The van der Waals surface area contributed by atoms with Crippen molar-refractivity contribution in [1.82, 2.24) is 4.98 Å². The van der Waals surface area contributed by atoms with Gasteiger partial charge in [0.15, 0.2) is 6.39 Å². The van der Waals surface area contributed by atoms with Crippen molar-refractivity contribution in [3.05, 3.63) is 46.6 Å². The van der Waals surface area contributed by atoms with E-state index in [-0.39, 0.29) is 5.76 Å². The van der Waals surface area contributed by atoms with E-state index in [2.05, 4.69) is 10.3 Å². The van der Waals surface area contributed by atoms with Crippen molar-refractivity contribution in [2.24, 2.45) is 0 Å². The van der Waals surface area contributed by atoms with Crippen LogP contribution in [-0.4, -0.2) is 10.9 Å². The summed E-state index contributed by atoms with van der Waals surface area (Å²) in [6.07, 6.45) is 1.19. The number of halogens is 1. The van der Waals surface area contributed by atoms with Gasteiger partial charge in [-0.15, -0.1) is 0 Å². The summed E-state index contributed by atoms with van der Waals surface area (Å²) in [5, 5.41) is 11.7. The van der Waals surface area contributed by atoms with Gasteiger partial charge in [-0.05, 0) is 25.1 Å². The summed E-state index contributed by atoms with van der Waals surface area (Å²) in [6, 6.07) is 6.57. The Labute approximate surface area is 108 Å². The molecule has 1 aromatic carbocycles. The quantitative estimate of drug-likeness (QED) is 0.901. The zero-order valence-corrected chi connectivity index (χ0v) is 10.2. The van der Waals surface area contributed by atoms with Crippen LogP contribution < -0.4 is 5.32 Å². The number of carbonyl (C=O) groups excluding carboxylic acids is 1. The summed E-state index contributed by atoms with van der Waals surface area (Å²) >= 11 is 5.93. The number of carbonyl (C=O) groups is 1. The monoisotopic (exact) mass is 261 g/mol. The van der Waals surface area contributed by atoms with Crippen LogP contribution in [0.5, 0.6) is 0 Å². The number of anilines is 1. The van der Waals surface area contributed by atoms with Crippen molar-refractivity contribution in [2.45, 2.75) is 6.92 Å². The minimum Gasteiger partial charge on any atom is -0.438 e. The van der Waals surface area contributed by atoms with E-state index < -0.39 is 5.91 Å². The molecule has 0 spiro atoms. The molecule has 0 aliphatic heterocycles. The molecule has 0 saturated heterocycles. The van der Waals surface area contributed by atoms with Crippen molar-refractivity contribution < 1.29 is 9.21 Å². The van der Waals surface area contributed by atoms with Crippen molar-refractivity contribution in [2.75, 3.05) is 5.32 Å². The molecule has 0 atom stereocenters. The second-order valence-corrected chi connectivity index (χ2v) is 3.93. The van der Waals surface area contributed by atoms with Crippen LogP contribution >= 0.6 is 11.6 Å². The van der Waals surface area contributed by atoms with Crippen molar-refractivity contribution in [1.29, 1.82) is 5.26 Å². The molecule has 2 rings (SSSR count). The van der Waals surface area contributed by atoms with Gasteiger partial charge in [0.25, 0.3) is 5.91 Å². The van der Waals surface area contributed by atoms with Crippen LogP contribution in [0.15, 0.2) is 29.0 Å². The molecule has 0 saturated carbocycles. The molecule has 18 heavy (non-hydrogen) atoms. The van der Waals surface area contributed by atoms with E-state index in [1.54, 1.807) is 19.1 Å². The number of nitriles is 1. The molecule has 0 fully saturated rings. The fourth-order valence-corrected chi connectivity index (χ4v) is 1.55. The number of oxazole rings is 1. The molecule has 0 radical (unpaired) electrons. The smallest absolute Gasteiger partial charge is 0.293 e. The topological polar surface area (TPSA) is 78.9 Å². The van der Waals surface area contributed by atoms with Crippen molar-refractivity contribution in [3.8, 4) is 6.07 Å². The number of aryl methyl sites for hydroxylation is 1. The first-order chi connectivity index (χ1) is 8.61. The molecule has 90 valence electrons. The van der Waals surface area contributed by atoms with E-state index >= 15 is 0 Å². The fraction of sp³-hybridized carbons (Fsp3) is 0.0833. The molecular formula is C12H8ClN3O2. The van der Waals surface area contributed by atoms with Gasteiger partial charge in [0.05, 0.1) is 28.0 Å². The van der Waals surface area contributed by atoms with Crippen molar-refractivity contribution >= 4 is 23.2 Å². The lowest BCUT2D eigenvalue weighted by Crippen LogP contribution is -2.12. The molecule has 1 heterocycles. The van der Waals surface area contributed by atoms with Crippen LogP contribution in [0.2, 0.25) is 5.02 Å². The number of amides is 1. The molecule has 0 unspecified atom stereocenters. The molecule has 0 aliphatic rings. The van der Waals surface area contributed by atoms with Gasteiger partial charge in [0.1, 0.15) is 0 Å². The summed E-state index contributed by atoms with van der Waals surface area (Å²) in [5.74, 6) is -0.338. The maximum Gasteiger partial charge on any atom is 0.293 e. The summed E-state index contributed by atoms with van der Waals surface area (Å²) in [4.78, 5) is 15.7. The maximum atomic E-state index is 11.9. The van der Waals surface area contributed by atoms with Crippen LogP contribution in [0.4, 0.5) is 5.69 Å². The van der Waals surface area contributed by atoms with Gasteiger partial charge < -0.3 is 9.73 Å². The van der Waals surface area contributed by atoms with E-state index in [0.29, 0.717) is 22.0 Å². The number of nitrogens with one attached hydrogen (secondary N) is 1. The third-order valence-electron chi connectivity index (χ3n) is 2.30. The van der Waals surface area contributed by atoms with Gasteiger partial charge in [-0.2, -0.15) is 5.26 Å².